The Hall–Kier alpha value is -6.76. The quantitative estimate of drug-likeness (QED) is 0.0301. The molecule has 0 saturated heterocycles. The third kappa shape index (κ3) is 15.7. The molecule has 0 radical (unpaired) electrons. The topological polar surface area (TPSA) is 160 Å². The second-order valence-electron chi connectivity index (χ2n) is 16.2. The van der Waals surface area contributed by atoms with Crippen LogP contribution in [0.2, 0.25) is 0 Å². The van der Waals surface area contributed by atoms with Crippen LogP contribution < -0.4 is 25.4 Å². The Bertz CT molecular complexity index is 2440. The third-order valence-corrected chi connectivity index (χ3v) is 11.4. The molecule has 0 fully saturated rings. The van der Waals surface area contributed by atoms with Crippen molar-refractivity contribution in [3.8, 4) is 11.5 Å². The number of benzene rings is 6. The average molecular weight is 914 g/mol. The van der Waals surface area contributed by atoms with Crippen LogP contribution in [0, 0.1) is 5.92 Å². The van der Waals surface area contributed by atoms with Crippen molar-refractivity contribution in [1.29, 1.82) is 0 Å². The smallest absolute Gasteiger partial charge is 0.485 e. The van der Waals surface area contributed by atoms with Crippen LogP contribution >= 0.6 is 7.82 Å². The van der Waals surface area contributed by atoms with Crippen molar-refractivity contribution < 1.29 is 46.7 Å². The minimum absolute atomic E-state index is 0.00946. The Kier molecular flexibility index (Phi) is 18.1. The number of hydrogen-bond acceptors (Lipinski definition) is 11. The lowest BCUT2D eigenvalue weighted by molar-refractivity contribution is -0.153. The molecule has 0 aliphatic rings. The Morgan fingerprint density at radius 2 is 1.02 bits per heavy atom. The van der Waals surface area contributed by atoms with E-state index in [9.17, 15) is 18.9 Å². The first-order chi connectivity index (χ1) is 31.9. The number of carbonyl (C=O) groups excluding carboxylic acids is 3. The summed E-state index contributed by atoms with van der Waals surface area (Å²) in [6, 6.07) is 50.2. The molecule has 0 aliphatic carbocycles. The van der Waals surface area contributed by atoms with Crippen LogP contribution in [0.1, 0.15) is 60.6 Å². The van der Waals surface area contributed by atoms with E-state index < -0.39 is 37.4 Å². The molecule has 13 nitrogen and oxygen atoms in total. The Balaban J connectivity index is 1.26. The van der Waals surface area contributed by atoms with Gasteiger partial charge in [0.15, 0.2) is 11.5 Å². The zero-order valence-corrected chi connectivity index (χ0v) is 38.2. The largest absolute Gasteiger partial charge is 0.530 e. The summed E-state index contributed by atoms with van der Waals surface area (Å²) in [6.07, 6.45) is -0.534. The van der Waals surface area contributed by atoms with E-state index in [1.165, 1.54) is 0 Å². The molecular weight excluding hydrogens is 858 g/mol. The van der Waals surface area contributed by atoms with Gasteiger partial charge < -0.3 is 24.1 Å². The number of phosphoric ester groups is 1. The first-order valence-corrected chi connectivity index (χ1v) is 23.1. The van der Waals surface area contributed by atoms with Crippen LogP contribution in [-0.4, -0.2) is 29.6 Å². The zero-order valence-electron chi connectivity index (χ0n) is 37.3. The van der Waals surface area contributed by atoms with E-state index in [1.807, 2.05) is 166 Å². The normalized spacial score (nSPS) is 12.6. The van der Waals surface area contributed by atoms with Gasteiger partial charge in [0.25, 0.3) is 5.91 Å². The Labute approximate surface area is 386 Å². The van der Waals surface area contributed by atoms with Gasteiger partial charge in [-0.3, -0.25) is 19.3 Å². The number of alkyl carbamates (subject to hydrolysis) is 1. The lowest BCUT2D eigenvalue weighted by Gasteiger charge is -2.30. The van der Waals surface area contributed by atoms with Crippen LogP contribution in [0.3, 0.4) is 0 Å². The van der Waals surface area contributed by atoms with Gasteiger partial charge in [0.1, 0.15) is 31.4 Å². The van der Waals surface area contributed by atoms with Crippen LogP contribution in [-0.2, 0) is 72.1 Å². The highest BCUT2D eigenvalue weighted by molar-refractivity contribution is 7.48. The Morgan fingerprint density at radius 3 is 1.50 bits per heavy atom. The molecule has 14 heteroatoms. The van der Waals surface area contributed by atoms with Gasteiger partial charge in [-0.15, -0.1) is 0 Å². The maximum atomic E-state index is 14.5. The Morgan fingerprint density at radius 1 is 0.561 bits per heavy atom. The van der Waals surface area contributed by atoms with E-state index in [2.05, 4.69) is 16.2 Å². The van der Waals surface area contributed by atoms with Crippen LogP contribution in [0.25, 0.3) is 0 Å². The molecule has 0 aromatic heterocycles. The van der Waals surface area contributed by atoms with Crippen molar-refractivity contribution in [2.75, 3.05) is 0 Å². The SMILES string of the molecule is CC(C)C[C@@H](NC(=O)OCc1ccccc1)C(=O)NN[C@@](C)(Cc1ccc(OP(=O)(OCc2ccccc2)OCc2ccccc2)c(OCc2ccccc2)c1)C(=O)OCc1ccccc1. The second-order valence-corrected chi connectivity index (χ2v) is 17.8. The molecule has 6 aromatic carbocycles. The predicted octanol–water partition coefficient (Wildman–Crippen LogP) is 10.2. The summed E-state index contributed by atoms with van der Waals surface area (Å²) in [5.41, 5.74) is 8.50. The van der Waals surface area contributed by atoms with Crippen molar-refractivity contribution >= 4 is 25.8 Å². The fraction of sp³-hybridized carbons (Fsp3) is 0.250. The van der Waals surface area contributed by atoms with Gasteiger partial charge in [0.2, 0.25) is 0 Å². The summed E-state index contributed by atoms with van der Waals surface area (Å²) < 4.78 is 50.2. The van der Waals surface area contributed by atoms with E-state index >= 15 is 0 Å². The molecule has 2 atom stereocenters. The number of phosphoric acid groups is 1. The van der Waals surface area contributed by atoms with Gasteiger partial charge in [0.05, 0.1) is 13.2 Å². The van der Waals surface area contributed by atoms with Crippen molar-refractivity contribution in [2.24, 2.45) is 5.92 Å². The molecule has 0 saturated carbocycles. The van der Waals surface area contributed by atoms with Crippen molar-refractivity contribution in [1.82, 2.24) is 16.2 Å². The number of rotatable bonds is 24. The van der Waals surface area contributed by atoms with Crippen LogP contribution in [0.5, 0.6) is 11.5 Å². The van der Waals surface area contributed by atoms with Crippen LogP contribution in [0.15, 0.2) is 170 Å². The molecule has 0 spiro atoms. The number of ether oxygens (including phenoxy) is 3. The monoisotopic (exact) mass is 913 g/mol. The molecule has 6 aromatic rings. The number of esters is 1. The fourth-order valence-corrected chi connectivity index (χ4v) is 7.79. The first kappa shape index (κ1) is 48.7. The van der Waals surface area contributed by atoms with Gasteiger partial charge in [0, 0.05) is 6.42 Å². The fourth-order valence-electron chi connectivity index (χ4n) is 6.61. The number of hydrogen-bond donors (Lipinski definition) is 3. The molecule has 0 bridgehead atoms. The predicted molar refractivity (Wildman–Crippen MR) is 251 cm³/mol. The standard InChI is InChI=1S/C52H56N3O10P/c1-39(2)31-46(53-51(58)62-36-42-23-13-6-14-24-42)49(56)54-55-52(3,50(57)61-35-41-21-11-5-12-22-41)33-45-29-30-47(48(32-45)60-34-40-19-9-4-10-20-40)65-66(59,63-37-43-25-15-7-16-26-43)64-38-44-27-17-8-18-28-44/h4-30,32,39,46,55H,31,33-38H2,1-3H3,(H,53,58)(H,54,56)/t46-,52+/m1/s1. The minimum Gasteiger partial charge on any atom is -0.485 e. The summed E-state index contributed by atoms with van der Waals surface area (Å²) in [6.45, 7) is 5.42. The van der Waals surface area contributed by atoms with Gasteiger partial charge in [-0.1, -0.05) is 172 Å². The van der Waals surface area contributed by atoms with E-state index in [-0.39, 0.29) is 63.3 Å². The second kappa shape index (κ2) is 24.5. The number of carbonyl (C=O) groups is 3. The summed E-state index contributed by atoms with van der Waals surface area (Å²) in [5.74, 6) is -1.02. The van der Waals surface area contributed by atoms with E-state index in [1.54, 1.807) is 25.1 Å². The van der Waals surface area contributed by atoms with Crippen molar-refractivity contribution in [3.63, 3.8) is 0 Å². The van der Waals surface area contributed by atoms with Crippen molar-refractivity contribution in [2.45, 2.75) is 78.2 Å². The maximum Gasteiger partial charge on any atom is 0.530 e. The maximum absolute atomic E-state index is 14.5. The minimum atomic E-state index is -4.33. The number of nitrogens with one attached hydrogen (secondary N) is 3. The van der Waals surface area contributed by atoms with E-state index in [4.69, 9.17) is 27.8 Å². The van der Waals surface area contributed by atoms with Gasteiger partial charge in [-0.2, -0.15) is 0 Å². The summed E-state index contributed by atoms with van der Waals surface area (Å²) in [4.78, 5) is 40.9. The van der Waals surface area contributed by atoms with Crippen LogP contribution in [0.4, 0.5) is 4.79 Å². The molecule has 0 aliphatic heterocycles. The highest BCUT2D eigenvalue weighted by Crippen LogP contribution is 2.53. The van der Waals surface area contributed by atoms with Gasteiger partial charge >= 0.3 is 19.9 Å². The van der Waals surface area contributed by atoms with Gasteiger partial charge in [-0.05, 0) is 64.8 Å². The molecule has 0 unspecified atom stereocenters. The van der Waals surface area contributed by atoms with Crippen molar-refractivity contribution in [3.05, 3.63) is 203 Å². The lowest BCUT2D eigenvalue weighted by atomic mass is 9.93. The molecular formula is C52H56N3O10P. The molecule has 66 heavy (non-hydrogen) atoms. The highest BCUT2D eigenvalue weighted by Gasteiger charge is 2.38. The molecule has 3 N–H and O–H groups in total. The average Bonchev–Trinajstić information content (AvgIpc) is 3.34. The highest BCUT2D eigenvalue weighted by atomic mass is 31.2. The van der Waals surface area contributed by atoms with Gasteiger partial charge in [-0.25, -0.2) is 19.6 Å². The number of hydrazine groups is 1. The molecule has 344 valence electrons. The summed E-state index contributed by atoms with van der Waals surface area (Å²) in [5, 5.41) is 2.67. The van der Waals surface area contributed by atoms with E-state index in [0.29, 0.717) is 5.56 Å². The molecule has 0 heterocycles. The van der Waals surface area contributed by atoms with E-state index in [0.717, 1.165) is 27.8 Å². The number of amides is 2. The first-order valence-electron chi connectivity index (χ1n) is 21.7. The molecule has 2 amide bonds. The third-order valence-electron chi connectivity index (χ3n) is 10.1. The lowest BCUT2D eigenvalue weighted by Crippen LogP contribution is -2.62. The zero-order chi connectivity index (χ0) is 46.6. The summed E-state index contributed by atoms with van der Waals surface area (Å²) >= 11 is 0. The molecule has 6 rings (SSSR count). The summed E-state index contributed by atoms with van der Waals surface area (Å²) in [7, 11) is -4.33.